The lowest BCUT2D eigenvalue weighted by molar-refractivity contribution is -0.140. The zero-order valence-corrected chi connectivity index (χ0v) is 9.77. The molecule has 0 atom stereocenters. The Morgan fingerprint density at radius 1 is 1.53 bits per heavy atom. The van der Waals surface area contributed by atoms with Gasteiger partial charge in [0.25, 0.3) is 0 Å². The fourth-order valence-electron chi connectivity index (χ4n) is 1.89. The Bertz CT molecular complexity index is 438. The van der Waals surface area contributed by atoms with Gasteiger partial charge in [0.15, 0.2) is 0 Å². The fraction of sp³-hybridized carbons (Fsp3) is 0.364. The molecule has 1 fully saturated rings. The van der Waals surface area contributed by atoms with Crippen molar-refractivity contribution < 1.29 is 14.3 Å². The molecule has 0 amide bonds. The van der Waals surface area contributed by atoms with Crippen molar-refractivity contribution in [2.75, 3.05) is 0 Å². The fourth-order valence-corrected chi connectivity index (χ4v) is 2.23. The van der Waals surface area contributed by atoms with Crippen LogP contribution < -0.4 is 0 Å². The van der Waals surface area contributed by atoms with Crippen LogP contribution in [-0.4, -0.2) is 11.1 Å². The van der Waals surface area contributed by atoms with Gasteiger partial charge in [-0.15, -0.1) is 0 Å². The van der Waals surface area contributed by atoms with Crippen LogP contribution in [-0.2, 0) is 10.2 Å². The van der Waals surface area contributed by atoms with Crippen molar-refractivity contribution >= 4 is 21.9 Å². The molecule has 1 N–H and O–H groups in total. The SMILES string of the molecule is Cc1cc(F)c(Br)cc1C1(C(=O)O)CC1. The van der Waals surface area contributed by atoms with E-state index in [4.69, 9.17) is 5.11 Å². The minimum atomic E-state index is -0.816. The Kier molecular flexibility index (Phi) is 2.34. The smallest absolute Gasteiger partial charge is 0.314 e. The van der Waals surface area contributed by atoms with Gasteiger partial charge >= 0.3 is 5.97 Å². The summed E-state index contributed by atoms with van der Waals surface area (Å²) in [7, 11) is 0. The zero-order chi connectivity index (χ0) is 11.2. The van der Waals surface area contributed by atoms with Crippen molar-refractivity contribution in [2.24, 2.45) is 0 Å². The minimum Gasteiger partial charge on any atom is -0.481 e. The number of hydrogen-bond acceptors (Lipinski definition) is 1. The molecule has 1 saturated carbocycles. The maximum atomic E-state index is 13.2. The first-order valence-corrected chi connectivity index (χ1v) is 5.46. The van der Waals surface area contributed by atoms with Crippen molar-refractivity contribution in [3.63, 3.8) is 0 Å². The van der Waals surface area contributed by atoms with Crippen molar-refractivity contribution in [2.45, 2.75) is 25.2 Å². The maximum absolute atomic E-state index is 13.2. The van der Waals surface area contributed by atoms with Gasteiger partial charge in [0.2, 0.25) is 0 Å². The van der Waals surface area contributed by atoms with E-state index >= 15 is 0 Å². The molecule has 1 aliphatic rings. The summed E-state index contributed by atoms with van der Waals surface area (Å²) in [5.41, 5.74) is 0.666. The molecule has 2 nitrogen and oxygen atoms in total. The number of rotatable bonds is 2. The van der Waals surface area contributed by atoms with E-state index in [0.717, 1.165) is 5.56 Å². The molecule has 2 rings (SSSR count). The second-order valence-electron chi connectivity index (χ2n) is 3.97. The highest BCUT2D eigenvalue weighted by atomic mass is 79.9. The van der Waals surface area contributed by atoms with Crippen LogP contribution in [0.15, 0.2) is 16.6 Å². The summed E-state index contributed by atoms with van der Waals surface area (Å²) in [6.45, 7) is 1.74. The maximum Gasteiger partial charge on any atom is 0.314 e. The van der Waals surface area contributed by atoms with Gasteiger partial charge in [-0.05, 0) is 59.0 Å². The van der Waals surface area contributed by atoms with Crippen molar-refractivity contribution in [3.8, 4) is 0 Å². The average molecular weight is 273 g/mol. The van der Waals surface area contributed by atoms with Crippen LogP contribution in [0.3, 0.4) is 0 Å². The third-order valence-corrected chi connectivity index (χ3v) is 3.55. The number of hydrogen-bond donors (Lipinski definition) is 1. The average Bonchev–Trinajstić information content (AvgIpc) is 2.92. The predicted molar refractivity (Wildman–Crippen MR) is 57.4 cm³/mol. The van der Waals surface area contributed by atoms with Crippen LogP contribution in [0.4, 0.5) is 4.39 Å². The van der Waals surface area contributed by atoms with E-state index in [2.05, 4.69) is 15.9 Å². The van der Waals surface area contributed by atoms with E-state index in [0.29, 0.717) is 22.9 Å². The number of aryl methyl sites for hydroxylation is 1. The summed E-state index contributed by atoms with van der Waals surface area (Å²) in [5.74, 6) is -1.17. The molecule has 0 radical (unpaired) electrons. The first-order chi connectivity index (χ1) is 6.97. The summed E-state index contributed by atoms with van der Waals surface area (Å²) in [6.07, 6.45) is 1.28. The number of halogens is 2. The number of aliphatic carboxylic acids is 1. The first-order valence-electron chi connectivity index (χ1n) is 4.67. The monoisotopic (exact) mass is 272 g/mol. The van der Waals surface area contributed by atoms with Gasteiger partial charge in [-0.25, -0.2) is 4.39 Å². The van der Waals surface area contributed by atoms with E-state index < -0.39 is 11.4 Å². The largest absolute Gasteiger partial charge is 0.481 e. The van der Waals surface area contributed by atoms with Gasteiger partial charge in [0.1, 0.15) is 5.82 Å². The van der Waals surface area contributed by atoms with Gasteiger partial charge in [-0.3, -0.25) is 4.79 Å². The van der Waals surface area contributed by atoms with Gasteiger partial charge in [0.05, 0.1) is 9.89 Å². The zero-order valence-electron chi connectivity index (χ0n) is 8.18. The predicted octanol–water partition coefficient (Wildman–Crippen LogP) is 3.01. The summed E-state index contributed by atoms with van der Waals surface area (Å²) in [4.78, 5) is 11.1. The Balaban J connectivity index is 2.54. The van der Waals surface area contributed by atoms with Gasteiger partial charge in [-0.2, -0.15) is 0 Å². The molecular weight excluding hydrogens is 263 g/mol. The topological polar surface area (TPSA) is 37.3 Å². The van der Waals surface area contributed by atoms with Gasteiger partial charge in [0, 0.05) is 0 Å². The number of benzene rings is 1. The molecule has 0 heterocycles. The van der Waals surface area contributed by atoms with E-state index in [9.17, 15) is 9.18 Å². The molecule has 15 heavy (non-hydrogen) atoms. The van der Waals surface area contributed by atoms with Crippen LogP contribution >= 0.6 is 15.9 Å². The lowest BCUT2D eigenvalue weighted by Crippen LogP contribution is -2.20. The summed E-state index contributed by atoms with van der Waals surface area (Å²) in [6, 6.07) is 2.97. The first kappa shape index (κ1) is 10.6. The number of carbonyl (C=O) groups is 1. The van der Waals surface area contributed by atoms with Crippen LogP contribution in [0.1, 0.15) is 24.0 Å². The van der Waals surface area contributed by atoms with Crippen LogP contribution in [0.2, 0.25) is 0 Å². The number of carboxylic acids is 1. The van der Waals surface area contributed by atoms with E-state index in [1.165, 1.54) is 6.07 Å². The van der Waals surface area contributed by atoms with Crippen molar-refractivity contribution in [3.05, 3.63) is 33.5 Å². The molecular formula is C11H10BrFO2. The standard InChI is InChI=1S/C11H10BrFO2/c1-6-4-9(13)8(12)5-7(6)11(2-3-11)10(14)15/h4-5H,2-3H2,1H3,(H,14,15). The lowest BCUT2D eigenvalue weighted by atomic mass is 9.92. The molecule has 0 unspecified atom stereocenters. The normalized spacial score (nSPS) is 17.5. The van der Waals surface area contributed by atoms with E-state index in [1.807, 2.05) is 0 Å². The molecule has 4 heteroatoms. The van der Waals surface area contributed by atoms with Crippen molar-refractivity contribution in [1.82, 2.24) is 0 Å². The molecule has 0 bridgehead atoms. The Hall–Kier alpha value is -0.900. The quantitative estimate of drug-likeness (QED) is 0.899. The highest BCUT2D eigenvalue weighted by Crippen LogP contribution is 2.50. The van der Waals surface area contributed by atoms with Crippen molar-refractivity contribution in [1.29, 1.82) is 0 Å². The van der Waals surface area contributed by atoms with E-state index in [1.54, 1.807) is 13.0 Å². The highest BCUT2D eigenvalue weighted by molar-refractivity contribution is 9.10. The van der Waals surface area contributed by atoms with Crippen LogP contribution in [0.5, 0.6) is 0 Å². The molecule has 0 aromatic heterocycles. The number of carboxylic acid groups (broad SMARTS) is 1. The van der Waals surface area contributed by atoms with Gasteiger partial charge in [-0.1, -0.05) is 0 Å². The third-order valence-electron chi connectivity index (χ3n) is 2.94. The summed E-state index contributed by atoms with van der Waals surface area (Å²) < 4.78 is 13.5. The van der Waals surface area contributed by atoms with E-state index in [-0.39, 0.29) is 5.82 Å². The molecule has 1 aliphatic carbocycles. The molecule has 80 valence electrons. The minimum absolute atomic E-state index is 0.329. The Labute approximate surface area is 95.2 Å². The molecule has 0 saturated heterocycles. The third kappa shape index (κ3) is 1.57. The highest BCUT2D eigenvalue weighted by Gasteiger charge is 2.52. The second-order valence-corrected chi connectivity index (χ2v) is 4.82. The van der Waals surface area contributed by atoms with Crippen LogP contribution in [0.25, 0.3) is 0 Å². The van der Waals surface area contributed by atoms with Gasteiger partial charge < -0.3 is 5.11 Å². The molecule has 0 spiro atoms. The Morgan fingerprint density at radius 2 is 2.13 bits per heavy atom. The van der Waals surface area contributed by atoms with Crippen LogP contribution in [0, 0.1) is 12.7 Å². The second kappa shape index (κ2) is 3.30. The molecule has 0 aliphatic heterocycles. The lowest BCUT2D eigenvalue weighted by Gasteiger charge is -2.14. The summed E-state index contributed by atoms with van der Waals surface area (Å²) >= 11 is 3.08. The molecule has 1 aromatic carbocycles. The molecule has 1 aromatic rings. The Morgan fingerprint density at radius 3 is 2.60 bits per heavy atom. The summed E-state index contributed by atoms with van der Waals surface area (Å²) in [5, 5.41) is 9.13.